The summed E-state index contributed by atoms with van der Waals surface area (Å²) in [6.07, 6.45) is 1.82. The monoisotopic (exact) mass is 557 g/mol. The Hall–Kier alpha value is -0.939. The SMILES string of the molecule is CC[Si](CC)(C(C)CC(=O)N(C)[Si](C)(C)C)N(C)C(=O)CCC(C)[Si](C(C)C)(C(C)C)N(C)C(C)=O. The van der Waals surface area contributed by atoms with Crippen LogP contribution >= 0.6 is 0 Å². The fourth-order valence-electron chi connectivity index (χ4n) is 6.88. The van der Waals surface area contributed by atoms with E-state index in [1.165, 1.54) is 0 Å². The maximum Gasteiger partial charge on any atom is 0.214 e. The molecule has 2 unspecified atom stereocenters. The molecule has 6 nitrogen and oxygen atoms in total. The number of nitrogens with zero attached hydrogens (tertiary/aromatic N) is 3. The molecule has 0 aromatic heterocycles. The van der Waals surface area contributed by atoms with Crippen LogP contribution in [0.2, 0.25) is 53.9 Å². The molecule has 0 spiro atoms. The van der Waals surface area contributed by atoms with Gasteiger partial charge in [0.1, 0.15) is 0 Å². The zero-order valence-corrected chi connectivity index (χ0v) is 29.4. The highest BCUT2D eigenvalue weighted by Gasteiger charge is 2.50. The molecule has 0 aromatic carbocycles. The van der Waals surface area contributed by atoms with Crippen LogP contribution in [-0.4, -0.2) is 77.3 Å². The molecule has 0 bridgehead atoms. The minimum atomic E-state index is -2.18. The van der Waals surface area contributed by atoms with Crippen LogP contribution in [0, 0.1) is 0 Å². The van der Waals surface area contributed by atoms with Crippen molar-refractivity contribution < 1.29 is 14.4 Å². The van der Waals surface area contributed by atoms with Crippen LogP contribution in [0.5, 0.6) is 0 Å². The first-order valence-corrected chi connectivity index (χ1v) is 22.1. The van der Waals surface area contributed by atoms with E-state index >= 15 is 0 Å². The average Bonchev–Trinajstić information content (AvgIpc) is 2.76. The van der Waals surface area contributed by atoms with Gasteiger partial charge in [-0.3, -0.25) is 14.4 Å². The van der Waals surface area contributed by atoms with Crippen molar-refractivity contribution in [2.45, 2.75) is 135 Å². The molecule has 0 heterocycles. The lowest BCUT2D eigenvalue weighted by Crippen LogP contribution is -2.61. The molecule has 0 rings (SSSR count). The van der Waals surface area contributed by atoms with Crippen LogP contribution < -0.4 is 0 Å². The highest BCUT2D eigenvalue weighted by Crippen LogP contribution is 2.46. The first-order chi connectivity index (χ1) is 16.3. The molecule has 3 amide bonds. The topological polar surface area (TPSA) is 60.9 Å². The second kappa shape index (κ2) is 13.7. The van der Waals surface area contributed by atoms with Crippen LogP contribution in [0.3, 0.4) is 0 Å². The number of amides is 3. The highest BCUT2D eigenvalue weighted by atomic mass is 28.3. The smallest absolute Gasteiger partial charge is 0.214 e. The number of hydrogen-bond donors (Lipinski definition) is 0. The van der Waals surface area contributed by atoms with Crippen LogP contribution in [0.15, 0.2) is 0 Å². The van der Waals surface area contributed by atoms with Gasteiger partial charge in [-0.1, -0.05) is 75.0 Å². The summed E-state index contributed by atoms with van der Waals surface area (Å²) in [6, 6.07) is 1.91. The summed E-state index contributed by atoms with van der Waals surface area (Å²) >= 11 is 0. The zero-order chi connectivity index (χ0) is 28.8. The van der Waals surface area contributed by atoms with Crippen molar-refractivity contribution in [3.63, 3.8) is 0 Å². The van der Waals surface area contributed by atoms with E-state index in [2.05, 4.69) is 84.2 Å². The van der Waals surface area contributed by atoms with Crippen LogP contribution in [0.4, 0.5) is 0 Å². The molecule has 0 aliphatic heterocycles. The summed E-state index contributed by atoms with van der Waals surface area (Å²) in [5, 5.41) is 0. The van der Waals surface area contributed by atoms with Gasteiger partial charge in [0.25, 0.3) is 0 Å². The van der Waals surface area contributed by atoms with Crippen molar-refractivity contribution in [2.24, 2.45) is 0 Å². The van der Waals surface area contributed by atoms with E-state index in [9.17, 15) is 14.4 Å². The fraction of sp³-hybridized carbons (Fsp3) is 0.889. The third-order valence-corrected chi connectivity index (χ3v) is 24.9. The Morgan fingerprint density at radius 3 is 1.47 bits per heavy atom. The molecule has 0 radical (unpaired) electrons. The summed E-state index contributed by atoms with van der Waals surface area (Å²) in [4.78, 5) is 39.3. The average molecular weight is 558 g/mol. The van der Waals surface area contributed by atoms with E-state index < -0.39 is 24.7 Å². The van der Waals surface area contributed by atoms with Gasteiger partial charge in [0.2, 0.25) is 17.7 Å². The van der Waals surface area contributed by atoms with Gasteiger partial charge >= 0.3 is 0 Å². The van der Waals surface area contributed by atoms with Crippen LogP contribution in [0.25, 0.3) is 0 Å². The predicted octanol–water partition coefficient (Wildman–Crippen LogP) is 6.92. The first-order valence-electron chi connectivity index (χ1n) is 14.1. The third-order valence-electron chi connectivity index (χ3n) is 9.53. The van der Waals surface area contributed by atoms with Gasteiger partial charge in [0, 0.05) is 40.9 Å². The lowest BCUT2D eigenvalue weighted by molar-refractivity contribution is -0.128. The Balaban J connectivity index is 5.83. The lowest BCUT2D eigenvalue weighted by Gasteiger charge is -2.50. The maximum atomic E-state index is 13.7. The number of carbonyl (C=O) groups excluding carboxylic acids is 3. The van der Waals surface area contributed by atoms with Crippen molar-refractivity contribution >= 4 is 42.4 Å². The van der Waals surface area contributed by atoms with Gasteiger partial charge < -0.3 is 13.7 Å². The minimum Gasteiger partial charge on any atom is -0.373 e. The Labute approximate surface area is 226 Å². The first kappa shape index (κ1) is 35.1. The zero-order valence-electron chi connectivity index (χ0n) is 26.4. The van der Waals surface area contributed by atoms with Gasteiger partial charge in [0.15, 0.2) is 24.7 Å². The predicted molar refractivity (Wildman–Crippen MR) is 163 cm³/mol. The maximum absolute atomic E-state index is 13.7. The van der Waals surface area contributed by atoms with E-state index in [1.807, 2.05) is 25.7 Å². The van der Waals surface area contributed by atoms with Crippen molar-refractivity contribution in [1.29, 1.82) is 0 Å². The number of rotatable bonds is 14. The van der Waals surface area contributed by atoms with Crippen molar-refractivity contribution in [3.05, 3.63) is 0 Å². The molecule has 2 atom stereocenters. The van der Waals surface area contributed by atoms with E-state index in [1.54, 1.807) is 6.92 Å². The molecule has 9 heteroatoms. The van der Waals surface area contributed by atoms with Crippen LogP contribution in [0.1, 0.15) is 81.6 Å². The fourth-order valence-corrected chi connectivity index (χ4v) is 19.4. The minimum absolute atomic E-state index is 0.129. The van der Waals surface area contributed by atoms with Gasteiger partial charge in [-0.05, 0) is 40.7 Å². The van der Waals surface area contributed by atoms with E-state index in [-0.39, 0.29) is 23.3 Å². The Bertz CT molecular complexity index is 740. The molecule has 0 N–H and O–H groups in total. The van der Waals surface area contributed by atoms with Gasteiger partial charge in [-0.15, -0.1) is 0 Å². The highest BCUT2D eigenvalue weighted by molar-refractivity contribution is 6.83. The summed E-state index contributed by atoms with van der Waals surface area (Å²) in [5.74, 6) is 0.548. The summed E-state index contributed by atoms with van der Waals surface area (Å²) in [6.45, 7) is 26.1. The summed E-state index contributed by atoms with van der Waals surface area (Å²) in [7, 11) is -0.161. The Morgan fingerprint density at radius 1 is 0.694 bits per heavy atom. The van der Waals surface area contributed by atoms with Gasteiger partial charge in [0.05, 0.1) is 0 Å². The number of hydrogen-bond acceptors (Lipinski definition) is 3. The standard InChI is InChI=1S/C27H59N3O3Si3/c1-16-35(17-2,24(8)20-27(33)29(11)34(13,14)15)30(12)26(32)19-18-23(7)36(21(3)4,22(5)6)28(10)25(9)31/h21-24H,16-20H2,1-15H3. The second-order valence-electron chi connectivity index (χ2n) is 12.7. The molecule has 0 aromatic rings. The molecule has 212 valence electrons. The second-order valence-corrected chi connectivity index (χ2v) is 28.7. The van der Waals surface area contributed by atoms with E-state index in [0.717, 1.165) is 18.5 Å². The molecule has 0 saturated heterocycles. The molecular formula is C27H59N3O3Si3. The van der Waals surface area contributed by atoms with Crippen molar-refractivity contribution in [1.82, 2.24) is 13.7 Å². The van der Waals surface area contributed by atoms with Crippen molar-refractivity contribution in [2.75, 3.05) is 21.1 Å². The molecule has 0 aliphatic rings. The third kappa shape index (κ3) is 7.34. The summed E-state index contributed by atoms with van der Waals surface area (Å²) in [5.41, 5.74) is 1.33. The quantitative estimate of drug-likeness (QED) is 0.218. The lowest BCUT2D eigenvalue weighted by atomic mass is 10.2. The Morgan fingerprint density at radius 2 is 1.14 bits per heavy atom. The molecule has 0 fully saturated rings. The van der Waals surface area contributed by atoms with E-state index in [4.69, 9.17) is 0 Å². The molecule has 36 heavy (non-hydrogen) atoms. The Kier molecular flexibility index (Phi) is 13.4. The molecular weight excluding hydrogens is 499 g/mol. The van der Waals surface area contributed by atoms with Crippen molar-refractivity contribution in [3.8, 4) is 0 Å². The number of carbonyl (C=O) groups is 3. The van der Waals surface area contributed by atoms with E-state index in [0.29, 0.717) is 29.5 Å². The normalized spacial score (nSPS) is 14.6. The van der Waals surface area contributed by atoms with Gasteiger partial charge in [-0.25, -0.2) is 0 Å². The largest absolute Gasteiger partial charge is 0.373 e. The molecule has 0 aliphatic carbocycles. The summed E-state index contributed by atoms with van der Waals surface area (Å²) < 4.78 is 6.13. The van der Waals surface area contributed by atoms with Gasteiger partial charge in [-0.2, -0.15) is 0 Å². The molecule has 0 saturated carbocycles. The van der Waals surface area contributed by atoms with Crippen LogP contribution in [-0.2, 0) is 14.4 Å².